The molecule has 0 saturated heterocycles. The minimum absolute atomic E-state index is 0.530. The summed E-state index contributed by atoms with van der Waals surface area (Å²) >= 11 is 0. The number of benzene rings is 1. The monoisotopic (exact) mass is 170 g/mol. The van der Waals surface area contributed by atoms with Crippen LogP contribution in [0.3, 0.4) is 0 Å². The van der Waals surface area contributed by atoms with Crippen molar-refractivity contribution in [2.24, 2.45) is 0 Å². The van der Waals surface area contributed by atoms with Gasteiger partial charge in [0.1, 0.15) is 6.07 Å². The molecule has 0 aliphatic carbocycles. The highest BCUT2D eigenvalue weighted by Crippen LogP contribution is 2.15. The fraction of sp³-hybridized carbons (Fsp3) is 0. The van der Waals surface area contributed by atoms with Gasteiger partial charge in [-0.25, -0.2) is 0 Å². The lowest BCUT2D eigenvalue weighted by Crippen LogP contribution is -2.23. The molecule has 0 aliphatic rings. The molecule has 0 bridgehead atoms. The predicted molar refractivity (Wildman–Crippen MR) is 47.6 cm³/mol. The van der Waals surface area contributed by atoms with Crippen LogP contribution in [0.1, 0.15) is 5.56 Å². The minimum Gasteiger partial charge on any atom is -0.619 e. The molecule has 3 heteroatoms. The molecule has 13 heavy (non-hydrogen) atoms. The first-order valence-electron chi connectivity index (χ1n) is 3.83. The van der Waals surface area contributed by atoms with Gasteiger partial charge in [-0.3, -0.25) is 0 Å². The predicted octanol–water partition coefficient (Wildman–Crippen LogP) is 1.34. The zero-order chi connectivity index (χ0) is 9.26. The highest BCUT2D eigenvalue weighted by molar-refractivity contribution is 5.86. The number of nitrogens with zero attached hydrogens (tertiary/aromatic N) is 2. The summed E-state index contributed by atoms with van der Waals surface area (Å²) in [6.07, 6.45) is 2.83. The smallest absolute Gasteiger partial charge is 0.189 e. The number of rotatable bonds is 0. The van der Waals surface area contributed by atoms with Crippen LogP contribution in [-0.2, 0) is 0 Å². The Labute approximate surface area is 75.0 Å². The zero-order valence-corrected chi connectivity index (χ0v) is 6.77. The number of pyridine rings is 1. The Balaban J connectivity index is 2.89. The van der Waals surface area contributed by atoms with Gasteiger partial charge in [-0.05, 0) is 11.5 Å². The van der Waals surface area contributed by atoms with Crippen molar-refractivity contribution >= 4 is 10.8 Å². The lowest BCUT2D eigenvalue weighted by molar-refractivity contribution is -0.603. The molecule has 1 heterocycles. The topological polar surface area (TPSA) is 50.7 Å². The fourth-order valence-corrected chi connectivity index (χ4v) is 1.29. The summed E-state index contributed by atoms with van der Waals surface area (Å²) in [5, 5.41) is 21.3. The first-order chi connectivity index (χ1) is 6.31. The maximum atomic E-state index is 11.0. The summed E-state index contributed by atoms with van der Waals surface area (Å²) < 4.78 is 0.698. The normalized spacial score (nSPS) is 9.77. The third-order valence-corrected chi connectivity index (χ3v) is 1.92. The first-order valence-corrected chi connectivity index (χ1v) is 3.83. The molecule has 0 radical (unpaired) electrons. The van der Waals surface area contributed by atoms with Gasteiger partial charge in [0.2, 0.25) is 0 Å². The molecule has 2 aromatic rings. The van der Waals surface area contributed by atoms with E-state index >= 15 is 0 Å². The van der Waals surface area contributed by atoms with E-state index in [1.54, 1.807) is 18.2 Å². The molecule has 1 aromatic heterocycles. The van der Waals surface area contributed by atoms with Gasteiger partial charge in [0.25, 0.3) is 0 Å². The second kappa shape index (κ2) is 2.76. The number of fused-ring (bicyclic) bond motifs is 1. The van der Waals surface area contributed by atoms with Gasteiger partial charge in [-0.2, -0.15) is 9.99 Å². The molecule has 0 aliphatic heterocycles. The number of aromatic nitrogens is 1. The van der Waals surface area contributed by atoms with Crippen LogP contribution in [0, 0.1) is 16.5 Å². The van der Waals surface area contributed by atoms with Crippen molar-refractivity contribution in [2.45, 2.75) is 0 Å². The van der Waals surface area contributed by atoms with Gasteiger partial charge in [0.05, 0.1) is 10.9 Å². The standard InChI is InChI=1S/C10H6N2O/c11-6-9-3-1-2-8-4-5-12(13)7-10(8)9/h1-5,7H. The molecule has 0 N–H and O–H groups in total. The quantitative estimate of drug-likeness (QED) is 0.442. The van der Waals surface area contributed by atoms with Gasteiger partial charge < -0.3 is 5.21 Å². The fourth-order valence-electron chi connectivity index (χ4n) is 1.29. The molecule has 0 saturated carbocycles. The SMILES string of the molecule is N#Cc1cccc2cc[n+]([O-])cc12. The summed E-state index contributed by atoms with van der Waals surface area (Å²) in [6.45, 7) is 0. The molecule has 1 aromatic carbocycles. The molecule has 0 fully saturated rings. The van der Waals surface area contributed by atoms with E-state index in [2.05, 4.69) is 0 Å². The molecule has 0 atom stereocenters. The van der Waals surface area contributed by atoms with E-state index in [4.69, 9.17) is 5.26 Å². The lowest BCUT2D eigenvalue weighted by Gasteiger charge is -1.99. The van der Waals surface area contributed by atoms with Gasteiger partial charge >= 0.3 is 0 Å². The first kappa shape index (κ1) is 7.56. The molecular formula is C10H6N2O. The molecule has 2 rings (SSSR count). The van der Waals surface area contributed by atoms with E-state index in [1.807, 2.05) is 12.1 Å². The van der Waals surface area contributed by atoms with Gasteiger partial charge in [0, 0.05) is 6.07 Å². The van der Waals surface area contributed by atoms with Crippen LogP contribution >= 0.6 is 0 Å². The van der Waals surface area contributed by atoms with Crippen molar-refractivity contribution < 1.29 is 4.73 Å². The van der Waals surface area contributed by atoms with Crippen molar-refractivity contribution in [3.8, 4) is 6.07 Å². The van der Waals surface area contributed by atoms with Crippen LogP contribution in [0.15, 0.2) is 36.7 Å². The van der Waals surface area contributed by atoms with E-state index in [-0.39, 0.29) is 0 Å². The van der Waals surface area contributed by atoms with E-state index in [0.717, 1.165) is 5.39 Å². The summed E-state index contributed by atoms with van der Waals surface area (Å²) in [5.74, 6) is 0. The maximum absolute atomic E-state index is 11.0. The third-order valence-electron chi connectivity index (χ3n) is 1.92. The van der Waals surface area contributed by atoms with Crippen molar-refractivity contribution in [3.63, 3.8) is 0 Å². The minimum atomic E-state index is 0.530. The molecule has 0 unspecified atom stereocenters. The van der Waals surface area contributed by atoms with Crippen LogP contribution < -0.4 is 4.73 Å². The molecular weight excluding hydrogens is 164 g/mol. The largest absolute Gasteiger partial charge is 0.619 e. The van der Waals surface area contributed by atoms with E-state index in [1.165, 1.54) is 12.4 Å². The maximum Gasteiger partial charge on any atom is 0.189 e. The Hall–Kier alpha value is -2.08. The van der Waals surface area contributed by atoms with Gasteiger partial charge in [-0.15, -0.1) is 0 Å². The van der Waals surface area contributed by atoms with Crippen molar-refractivity contribution in [3.05, 3.63) is 47.4 Å². The molecule has 0 spiro atoms. The highest BCUT2D eigenvalue weighted by Gasteiger charge is 2.02. The Morgan fingerprint density at radius 2 is 2.15 bits per heavy atom. The Morgan fingerprint density at radius 3 is 2.92 bits per heavy atom. The highest BCUT2D eigenvalue weighted by atomic mass is 16.5. The summed E-state index contributed by atoms with van der Waals surface area (Å²) in [5.41, 5.74) is 0.530. The zero-order valence-electron chi connectivity index (χ0n) is 6.77. The summed E-state index contributed by atoms with van der Waals surface area (Å²) in [6, 6.07) is 9.11. The second-order valence-electron chi connectivity index (χ2n) is 2.73. The Morgan fingerprint density at radius 1 is 1.31 bits per heavy atom. The number of hydrogen-bond acceptors (Lipinski definition) is 2. The van der Waals surface area contributed by atoms with E-state index < -0.39 is 0 Å². The van der Waals surface area contributed by atoms with Crippen LogP contribution in [0.4, 0.5) is 0 Å². The van der Waals surface area contributed by atoms with Gasteiger partial charge in [-0.1, -0.05) is 12.1 Å². The third kappa shape index (κ3) is 1.18. The van der Waals surface area contributed by atoms with Crippen LogP contribution in [-0.4, -0.2) is 0 Å². The van der Waals surface area contributed by atoms with Crippen LogP contribution in [0.5, 0.6) is 0 Å². The average Bonchev–Trinajstić information content (AvgIpc) is 2.17. The van der Waals surface area contributed by atoms with Crippen molar-refractivity contribution in [2.75, 3.05) is 0 Å². The molecule has 62 valence electrons. The number of hydrogen-bond donors (Lipinski definition) is 0. The van der Waals surface area contributed by atoms with Crippen LogP contribution in [0.2, 0.25) is 0 Å². The van der Waals surface area contributed by atoms with E-state index in [9.17, 15) is 5.21 Å². The Bertz CT molecular complexity index is 500. The van der Waals surface area contributed by atoms with Crippen molar-refractivity contribution in [1.82, 2.24) is 0 Å². The second-order valence-corrected chi connectivity index (χ2v) is 2.73. The molecule has 3 nitrogen and oxygen atoms in total. The number of nitriles is 1. The van der Waals surface area contributed by atoms with Gasteiger partial charge in [0.15, 0.2) is 12.4 Å². The van der Waals surface area contributed by atoms with Crippen molar-refractivity contribution in [1.29, 1.82) is 5.26 Å². The molecule has 0 amide bonds. The van der Waals surface area contributed by atoms with Crippen LogP contribution in [0.25, 0.3) is 10.8 Å². The Kier molecular flexibility index (Phi) is 1.60. The summed E-state index contributed by atoms with van der Waals surface area (Å²) in [7, 11) is 0. The average molecular weight is 170 g/mol. The van der Waals surface area contributed by atoms with E-state index in [0.29, 0.717) is 15.7 Å². The summed E-state index contributed by atoms with van der Waals surface area (Å²) in [4.78, 5) is 0. The lowest BCUT2D eigenvalue weighted by atomic mass is 10.1.